The SMILES string of the molecule is C=CC(=O)OOc1ccccc1.CCOC(N)=O. The van der Waals surface area contributed by atoms with Crippen molar-refractivity contribution in [3.63, 3.8) is 0 Å². The average Bonchev–Trinajstić information content (AvgIpc) is 2.37. The number of para-hydroxylation sites is 1. The van der Waals surface area contributed by atoms with E-state index in [0.717, 1.165) is 6.08 Å². The Hall–Kier alpha value is -2.50. The van der Waals surface area contributed by atoms with Gasteiger partial charge in [0, 0.05) is 6.08 Å². The van der Waals surface area contributed by atoms with Crippen molar-refractivity contribution < 1.29 is 24.1 Å². The van der Waals surface area contributed by atoms with Crippen molar-refractivity contribution in [1.82, 2.24) is 0 Å². The van der Waals surface area contributed by atoms with E-state index < -0.39 is 12.1 Å². The maximum absolute atomic E-state index is 10.5. The van der Waals surface area contributed by atoms with Crippen LogP contribution in [0, 0.1) is 0 Å². The standard InChI is InChI=1S/C9H8O3.C3H7NO2/c1-2-9(10)12-11-8-6-4-3-5-7-8;1-2-6-3(4)5/h2-7H,1H2;2H2,1H3,(H2,4,5). The van der Waals surface area contributed by atoms with Crippen LogP contribution in [0.15, 0.2) is 43.0 Å². The smallest absolute Gasteiger partial charge is 0.404 e. The number of rotatable bonds is 4. The third-order valence-corrected chi connectivity index (χ3v) is 1.42. The zero-order valence-electron chi connectivity index (χ0n) is 10.00. The van der Waals surface area contributed by atoms with Gasteiger partial charge in [0.25, 0.3) is 0 Å². The Morgan fingerprint density at radius 2 is 1.94 bits per heavy atom. The lowest BCUT2D eigenvalue weighted by atomic mass is 10.3. The highest BCUT2D eigenvalue weighted by Gasteiger charge is 1.97. The average molecular weight is 253 g/mol. The molecule has 0 unspecified atom stereocenters. The molecule has 98 valence electrons. The van der Waals surface area contributed by atoms with Gasteiger partial charge in [0.1, 0.15) is 0 Å². The number of hydrogen-bond donors (Lipinski definition) is 1. The summed E-state index contributed by atoms with van der Waals surface area (Å²) in [6.45, 7) is 5.27. The molecule has 1 amide bonds. The van der Waals surface area contributed by atoms with E-state index in [4.69, 9.17) is 0 Å². The highest BCUT2D eigenvalue weighted by atomic mass is 17.2. The van der Waals surface area contributed by atoms with Gasteiger partial charge in [0.15, 0.2) is 5.75 Å². The van der Waals surface area contributed by atoms with E-state index >= 15 is 0 Å². The molecular formula is C12H15NO5. The second-order valence-corrected chi connectivity index (χ2v) is 2.75. The van der Waals surface area contributed by atoms with Gasteiger partial charge in [-0.15, -0.1) is 0 Å². The Bertz CT molecular complexity index is 377. The molecule has 18 heavy (non-hydrogen) atoms. The molecule has 0 aromatic heterocycles. The number of amides is 1. The zero-order chi connectivity index (χ0) is 13.8. The highest BCUT2D eigenvalue weighted by Crippen LogP contribution is 2.08. The number of benzene rings is 1. The summed E-state index contributed by atoms with van der Waals surface area (Å²) in [7, 11) is 0. The maximum atomic E-state index is 10.5. The molecule has 1 rings (SSSR count). The van der Waals surface area contributed by atoms with E-state index in [-0.39, 0.29) is 0 Å². The maximum Gasteiger partial charge on any atom is 0.404 e. The van der Waals surface area contributed by atoms with Gasteiger partial charge in [-0.2, -0.15) is 0 Å². The van der Waals surface area contributed by atoms with Crippen LogP contribution in [0.3, 0.4) is 0 Å². The molecule has 1 aromatic carbocycles. The molecule has 0 aliphatic heterocycles. The second-order valence-electron chi connectivity index (χ2n) is 2.75. The van der Waals surface area contributed by atoms with Gasteiger partial charge in [0.2, 0.25) is 0 Å². The van der Waals surface area contributed by atoms with Crippen molar-refractivity contribution in [3.8, 4) is 5.75 Å². The van der Waals surface area contributed by atoms with Crippen molar-refractivity contribution in [3.05, 3.63) is 43.0 Å². The predicted octanol–water partition coefficient (Wildman–Crippen LogP) is 1.81. The molecule has 6 nitrogen and oxygen atoms in total. The van der Waals surface area contributed by atoms with Crippen molar-refractivity contribution in [2.75, 3.05) is 6.61 Å². The fourth-order valence-corrected chi connectivity index (χ4v) is 0.742. The van der Waals surface area contributed by atoms with Gasteiger partial charge in [0.05, 0.1) is 6.61 Å². The fourth-order valence-electron chi connectivity index (χ4n) is 0.742. The van der Waals surface area contributed by atoms with Gasteiger partial charge in [-0.3, -0.25) is 4.89 Å². The van der Waals surface area contributed by atoms with Crippen LogP contribution in [0.1, 0.15) is 6.92 Å². The summed E-state index contributed by atoms with van der Waals surface area (Å²) in [5.41, 5.74) is 4.54. The molecule has 0 heterocycles. The molecule has 0 aliphatic rings. The van der Waals surface area contributed by atoms with Crippen LogP contribution in [0.25, 0.3) is 0 Å². The lowest BCUT2D eigenvalue weighted by Gasteiger charge is -2.00. The number of carbonyl (C=O) groups is 2. The topological polar surface area (TPSA) is 87.8 Å². The molecule has 2 N–H and O–H groups in total. The summed E-state index contributed by atoms with van der Waals surface area (Å²) in [6, 6.07) is 8.74. The van der Waals surface area contributed by atoms with Crippen molar-refractivity contribution >= 4 is 12.1 Å². The van der Waals surface area contributed by atoms with Gasteiger partial charge in [-0.25, -0.2) is 14.5 Å². The first-order valence-corrected chi connectivity index (χ1v) is 5.08. The quantitative estimate of drug-likeness (QED) is 0.502. The lowest BCUT2D eigenvalue weighted by molar-refractivity contribution is -0.207. The first kappa shape index (κ1) is 15.5. The summed E-state index contributed by atoms with van der Waals surface area (Å²) in [5, 5.41) is 0. The number of hydrogen-bond acceptors (Lipinski definition) is 5. The van der Waals surface area contributed by atoms with Gasteiger partial charge < -0.3 is 10.5 Å². The number of primary amides is 1. The molecule has 0 aliphatic carbocycles. The number of nitrogens with two attached hydrogens (primary N) is 1. The first-order valence-electron chi connectivity index (χ1n) is 5.08. The van der Waals surface area contributed by atoms with Gasteiger partial charge >= 0.3 is 12.1 Å². The van der Waals surface area contributed by atoms with Crippen LogP contribution in [-0.4, -0.2) is 18.7 Å². The molecule has 0 spiro atoms. The third kappa shape index (κ3) is 8.78. The van der Waals surface area contributed by atoms with Crippen molar-refractivity contribution in [1.29, 1.82) is 0 Å². The molecule has 0 saturated heterocycles. The molecule has 0 saturated carbocycles. The van der Waals surface area contributed by atoms with E-state index in [2.05, 4.69) is 26.8 Å². The monoisotopic (exact) mass is 253 g/mol. The molecular weight excluding hydrogens is 238 g/mol. The van der Waals surface area contributed by atoms with E-state index in [9.17, 15) is 9.59 Å². The van der Waals surface area contributed by atoms with E-state index in [1.54, 1.807) is 31.2 Å². The van der Waals surface area contributed by atoms with Crippen LogP contribution < -0.4 is 10.6 Å². The minimum absolute atomic E-state index is 0.356. The Labute approximate surface area is 105 Å². The van der Waals surface area contributed by atoms with Crippen molar-refractivity contribution in [2.45, 2.75) is 6.92 Å². The summed E-state index contributed by atoms with van der Waals surface area (Å²) in [5.74, 6) is -0.133. The van der Waals surface area contributed by atoms with Crippen LogP contribution in [-0.2, 0) is 14.4 Å². The Morgan fingerprint density at radius 3 is 2.33 bits per heavy atom. The highest BCUT2D eigenvalue weighted by molar-refractivity contribution is 5.80. The van der Waals surface area contributed by atoms with Crippen LogP contribution in [0.4, 0.5) is 4.79 Å². The van der Waals surface area contributed by atoms with Gasteiger partial charge in [-0.1, -0.05) is 24.8 Å². The molecule has 0 fully saturated rings. The number of carbonyl (C=O) groups excluding carboxylic acids is 2. The molecule has 0 bridgehead atoms. The molecule has 0 radical (unpaired) electrons. The minimum atomic E-state index is -0.711. The summed E-state index contributed by atoms with van der Waals surface area (Å²) in [4.78, 5) is 29.1. The van der Waals surface area contributed by atoms with Crippen LogP contribution >= 0.6 is 0 Å². The normalized spacial score (nSPS) is 8.28. The zero-order valence-corrected chi connectivity index (χ0v) is 10.00. The predicted molar refractivity (Wildman–Crippen MR) is 64.6 cm³/mol. The molecule has 1 aromatic rings. The van der Waals surface area contributed by atoms with E-state index in [0.29, 0.717) is 12.4 Å². The lowest BCUT2D eigenvalue weighted by Crippen LogP contribution is -2.11. The fraction of sp³-hybridized carbons (Fsp3) is 0.167. The Morgan fingerprint density at radius 1 is 1.33 bits per heavy atom. The first-order chi connectivity index (χ1) is 8.60. The largest absolute Gasteiger partial charge is 0.450 e. The van der Waals surface area contributed by atoms with Crippen LogP contribution in [0.2, 0.25) is 0 Å². The van der Waals surface area contributed by atoms with Crippen molar-refractivity contribution in [2.24, 2.45) is 5.73 Å². The van der Waals surface area contributed by atoms with E-state index in [1.165, 1.54) is 0 Å². The summed E-state index contributed by atoms with van der Waals surface area (Å²) >= 11 is 0. The molecule has 6 heteroatoms. The number of ether oxygens (including phenoxy) is 1. The van der Waals surface area contributed by atoms with E-state index in [1.807, 2.05) is 6.07 Å². The second kappa shape index (κ2) is 9.71. The molecule has 0 atom stereocenters. The minimum Gasteiger partial charge on any atom is -0.450 e. The van der Waals surface area contributed by atoms with Gasteiger partial charge in [-0.05, 0) is 19.1 Å². The third-order valence-electron chi connectivity index (χ3n) is 1.42. The summed E-state index contributed by atoms with van der Waals surface area (Å²) < 4.78 is 4.18. The summed E-state index contributed by atoms with van der Waals surface area (Å²) in [6.07, 6.45) is 0.320. The Kier molecular flexibility index (Phi) is 8.36. The van der Waals surface area contributed by atoms with Crippen LogP contribution in [0.5, 0.6) is 5.75 Å². The Balaban J connectivity index is 0.000000411.